The van der Waals surface area contributed by atoms with Crippen LogP contribution in [0.3, 0.4) is 0 Å². The summed E-state index contributed by atoms with van der Waals surface area (Å²) in [5, 5.41) is 3.00. The van der Waals surface area contributed by atoms with Gasteiger partial charge in [-0.3, -0.25) is 0 Å². The van der Waals surface area contributed by atoms with Crippen molar-refractivity contribution < 1.29 is 9.53 Å². The van der Waals surface area contributed by atoms with Crippen LogP contribution in [0.1, 0.15) is 36.1 Å². The SMILES string of the molecule is Cc1ccc(NC(=O)N2CCc3nc(N4CCCCC4)nc(Oc4ccccc4)c3C2)cc1. The maximum Gasteiger partial charge on any atom is 0.322 e. The van der Waals surface area contributed by atoms with Crippen molar-refractivity contribution >= 4 is 17.7 Å². The van der Waals surface area contributed by atoms with E-state index in [1.165, 1.54) is 6.42 Å². The number of carbonyl (C=O) groups excluding carboxylic acids is 1. The van der Waals surface area contributed by atoms with Crippen molar-refractivity contribution in [2.75, 3.05) is 29.9 Å². The smallest absolute Gasteiger partial charge is 0.322 e. The van der Waals surface area contributed by atoms with Crippen LogP contribution in [0, 0.1) is 6.92 Å². The molecule has 3 aromatic rings. The number of ether oxygens (including phenoxy) is 1. The predicted octanol–water partition coefficient (Wildman–Crippen LogP) is 5.16. The minimum atomic E-state index is -0.129. The van der Waals surface area contributed by atoms with Crippen molar-refractivity contribution in [3.05, 3.63) is 71.4 Å². The molecular weight excluding hydrogens is 414 g/mol. The van der Waals surface area contributed by atoms with Gasteiger partial charge in [0.15, 0.2) is 0 Å². The molecule has 1 fully saturated rings. The third-order valence-electron chi connectivity index (χ3n) is 6.20. The fourth-order valence-corrected chi connectivity index (χ4v) is 4.30. The summed E-state index contributed by atoms with van der Waals surface area (Å²) in [5.41, 5.74) is 3.79. The summed E-state index contributed by atoms with van der Waals surface area (Å²) in [5.74, 6) is 2.00. The Balaban J connectivity index is 1.41. The average molecular weight is 444 g/mol. The van der Waals surface area contributed by atoms with Crippen molar-refractivity contribution in [2.24, 2.45) is 0 Å². The monoisotopic (exact) mass is 443 g/mol. The third kappa shape index (κ3) is 4.92. The number of carbonyl (C=O) groups is 1. The number of hydrogen-bond donors (Lipinski definition) is 1. The molecule has 1 saturated heterocycles. The van der Waals surface area contributed by atoms with E-state index < -0.39 is 0 Å². The average Bonchev–Trinajstić information content (AvgIpc) is 2.86. The number of urea groups is 1. The van der Waals surface area contributed by atoms with Crippen molar-refractivity contribution in [3.8, 4) is 11.6 Å². The molecule has 1 aromatic heterocycles. The largest absolute Gasteiger partial charge is 0.438 e. The van der Waals surface area contributed by atoms with Gasteiger partial charge in [0.1, 0.15) is 5.75 Å². The number of nitrogens with zero attached hydrogens (tertiary/aromatic N) is 4. The molecule has 2 aliphatic rings. The van der Waals surface area contributed by atoms with Crippen LogP contribution < -0.4 is 15.0 Å². The summed E-state index contributed by atoms with van der Waals surface area (Å²) < 4.78 is 6.23. The van der Waals surface area contributed by atoms with Crippen molar-refractivity contribution in [1.82, 2.24) is 14.9 Å². The minimum Gasteiger partial charge on any atom is -0.438 e. The molecule has 0 radical (unpaired) electrons. The van der Waals surface area contributed by atoms with Crippen LogP contribution in [0.5, 0.6) is 11.6 Å². The van der Waals surface area contributed by atoms with Gasteiger partial charge in [0, 0.05) is 31.7 Å². The summed E-state index contributed by atoms with van der Waals surface area (Å²) in [7, 11) is 0. The number of fused-ring (bicyclic) bond motifs is 1. The zero-order chi connectivity index (χ0) is 22.6. The molecule has 5 rings (SSSR count). The van der Waals surface area contributed by atoms with E-state index in [9.17, 15) is 4.79 Å². The van der Waals surface area contributed by atoms with Gasteiger partial charge >= 0.3 is 6.03 Å². The first kappa shape index (κ1) is 21.2. The van der Waals surface area contributed by atoms with E-state index in [2.05, 4.69) is 10.2 Å². The first-order valence-corrected chi connectivity index (χ1v) is 11.7. The number of nitrogens with one attached hydrogen (secondary N) is 1. The van der Waals surface area contributed by atoms with E-state index in [1.807, 2.05) is 61.5 Å². The molecular formula is C26H29N5O2. The molecule has 0 aliphatic carbocycles. The number of benzene rings is 2. The van der Waals surface area contributed by atoms with Gasteiger partial charge in [0.25, 0.3) is 0 Å². The van der Waals surface area contributed by atoms with Crippen LogP contribution in [0.15, 0.2) is 54.6 Å². The fraction of sp³-hybridized carbons (Fsp3) is 0.346. The first-order chi connectivity index (χ1) is 16.2. The molecule has 170 valence electrons. The third-order valence-corrected chi connectivity index (χ3v) is 6.20. The van der Waals surface area contributed by atoms with Crippen molar-refractivity contribution in [1.29, 1.82) is 0 Å². The number of amides is 2. The molecule has 0 atom stereocenters. The van der Waals surface area contributed by atoms with Gasteiger partial charge in [-0.2, -0.15) is 4.98 Å². The van der Waals surface area contributed by atoms with Crippen LogP contribution in [0.4, 0.5) is 16.4 Å². The Hall–Kier alpha value is -3.61. The summed E-state index contributed by atoms with van der Waals surface area (Å²) in [4.78, 5) is 26.7. The summed E-state index contributed by atoms with van der Waals surface area (Å²) in [6.45, 7) is 4.98. The number of piperidine rings is 1. The number of aryl methyl sites for hydroxylation is 1. The van der Waals surface area contributed by atoms with Gasteiger partial charge in [0.2, 0.25) is 11.8 Å². The Morgan fingerprint density at radius 1 is 0.939 bits per heavy atom. The molecule has 33 heavy (non-hydrogen) atoms. The number of para-hydroxylation sites is 1. The Kier molecular flexibility index (Phi) is 6.11. The van der Waals surface area contributed by atoms with Gasteiger partial charge in [0.05, 0.1) is 17.8 Å². The highest BCUT2D eigenvalue weighted by atomic mass is 16.5. The molecule has 2 aromatic carbocycles. The molecule has 2 amide bonds. The predicted molar refractivity (Wildman–Crippen MR) is 129 cm³/mol. The molecule has 7 nitrogen and oxygen atoms in total. The second-order valence-electron chi connectivity index (χ2n) is 8.68. The molecule has 0 unspecified atom stereocenters. The topological polar surface area (TPSA) is 70.6 Å². The Bertz CT molecular complexity index is 1110. The van der Waals surface area contributed by atoms with Crippen molar-refractivity contribution in [2.45, 2.75) is 39.2 Å². The number of hydrogen-bond acceptors (Lipinski definition) is 5. The van der Waals surface area contributed by atoms with Crippen LogP contribution in [0.25, 0.3) is 0 Å². The lowest BCUT2D eigenvalue weighted by molar-refractivity contribution is 0.205. The lowest BCUT2D eigenvalue weighted by atomic mass is 10.1. The summed E-state index contributed by atoms with van der Waals surface area (Å²) >= 11 is 0. The molecule has 0 spiro atoms. The molecule has 3 heterocycles. The molecule has 1 N–H and O–H groups in total. The van der Waals surface area contributed by atoms with Gasteiger partial charge in [-0.25, -0.2) is 9.78 Å². The van der Waals surface area contributed by atoms with Crippen LogP contribution in [-0.2, 0) is 13.0 Å². The Morgan fingerprint density at radius 2 is 1.70 bits per heavy atom. The van der Waals surface area contributed by atoms with Crippen LogP contribution in [-0.4, -0.2) is 40.5 Å². The zero-order valence-corrected chi connectivity index (χ0v) is 19.0. The number of aromatic nitrogens is 2. The van der Waals surface area contributed by atoms with E-state index >= 15 is 0 Å². The molecule has 2 aliphatic heterocycles. The second-order valence-corrected chi connectivity index (χ2v) is 8.68. The second kappa shape index (κ2) is 9.48. The van der Waals surface area contributed by atoms with Gasteiger partial charge in [-0.05, 0) is 50.5 Å². The Labute approximate surface area is 194 Å². The number of anilines is 2. The highest BCUT2D eigenvalue weighted by Crippen LogP contribution is 2.32. The zero-order valence-electron chi connectivity index (χ0n) is 19.0. The minimum absolute atomic E-state index is 0.129. The van der Waals surface area contributed by atoms with Gasteiger partial charge < -0.3 is 19.9 Å². The lowest BCUT2D eigenvalue weighted by Crippen LogP contribution is -2.40. The van der Waals surface area contributed by atoms with E-state index in [1.54, 1.807) is 4.90 Å². The van der Waals surface area contributed by atoms with Crippen molar-refractivity contribution in [3.63, 3.8) is 0 Å². The highest BCUT2D eigenvalue weighted by molar-refractivity contribution is 5.89. The normalized spacial score (nSPS) is 15.7. The quantitative estimate of drug-likeness (QED) is 0.603. The highest BCUT2D eigenvalue weighted by Gasteiger charge is 2.28. The van der Waals surface area contributed by atoms with Gasteiger partial charge in [-0.15, -0.1) is 0 Å². The summed E-state index contributed by atoms with van der Waals surface area (Å²) in [6.07, 6.45) is 4.23. The van der Waals surface area contributed by atoms with Gasteiger partial charge in [-0.1, -0.05) is 35.9 Å². The van der Waals surface area contributed by atoms with Crippen LogP contribution >= 0.6 is 0 Å². The molecule has 0 saturated carbocycles. The standard InChI is InChI=1S/C26H29N5O2/c1-19-10-12-20(13-11-19)27-26(32)31-17-14-23-22(18-31)24(33-21-8-4-2-5-9-21)29-25(28-23)30-15-6-3-7-16-30/h2,4-5,8-13H,3,6-7,14-18H2,1H3,(H,27,32). The fourth-order valence-electron chi connectivity index (χ4n) is 4.30. The first-order valence-electron chi connectivity index (χ1n) is 11.7. The lowest BCUT2D eigenvalue weighted by Gasteiger charge is -2.32. The number of rotatable bonds is 4. The Morgan fingerprint density at radius 3 is 2.45 bits per heavy atom. The van der Waals surface area contributed by atoms with Crippen LogP contribution in [0.2, 0.25) is 0 Å². The van der Waals surface area contributed by atoms with E-state index in [0.717, 1.165) is 60.1 Å². The van der Waals surface area contributed by atoms with E-state index in [4.69, 9.17) is 14.7 Å². The molecule has 7 heteroatoms. The maximum atomic E-state index is 13.0. The van der Waals surface area contributed by atoms with E-state index in [-0.39, 0.29) is 6.03 Å². The molecule has 0 bridgehead atoms. The maximum absolute atomic E-state index is 13.0. The van der Waals surface area contributed by atoms with E-state index in [0.29, 0.717) is 25.4 Å². The summed E-state index contributed by atoms with van der Waals surface area (Å²) in [6, 6.07) is 17.4.